The van der Waals surface area contributed by atoms with Crippen LogP contribution in [0.15, 0.2) is 60.7 Å². The van der Waals surface area contributed by atoms with E-state index in [1.165, 1.54) is 0 Å². The maximum Gasteiger partial charge on any atom is 0.242 e. The Kier molecular flexibility index (Phi) is 9.37. The summed E-state index contributed by atoms with van der Waals surface area (Å²) in [6.45, 7) is 6.88. The fourth-order valence-electron chi connectivity index (χ4n) is 4.07. The van der Waals surface area contributed by atoms with Gasteiger partial charge in [-0.1, -0.05) is 92.5 Å². The van der Waals surface area contributed by atoms with Gasteiger partial charge in [0.2, 0.25) is 11.8 Å². The number of amides is 2. The third-order valence-electron chi connectivity index (χ3n) is 5.90. The van der Waals surface area contributed by atoms with Crippen LogP contribution >= 0.6 is 23.2 Å². The highest BCUT2D eigenvalue weighted by molar-refractivity contribution is 6.42. The number of rotatable bonds is 10. The standard InChI is InChI=1S/C28H32Cl2N2O2/c1-4-26(28(34)31-17-19(2)3)32(18-20-12-14-24(29)25(30)16-20)27(33)15-13-22-10-7-9-21-8-5-6-11-23(21)22/h5-12,14,16,19,26H,4,13,15,17-18H2,1-3H3,(H,31,34)/t26-/m1/s1. The lowest BCUT2D eigenvalue weighted by atomic mass is 10.00. The van der Waals surface area contributed by atoms with Gasteiger partial charge in [-0.3, -0.25) is 9.59 Å². The van der Waals surface area contributed by atoms with Crippen molar-refractivity contribution in [3.8, 4) is 0 Å². The van der Waals surface area contributed by atoms with E-state index < -0.39 is 6.04 Å². The van der Waals surface area contributed by atoms with Gasteiger partial charge in [-0.25, -0.2) is 0 Å². The van der Waals surface area contributed by atoms with E-state index >= 15 is 0 Å². The van der Waals surface area contributed by atoms with Crippen LogP contribution in [0.1, 0.15) is 44.7 Å². The summed E-state index contributed by atoms with van der Waals surface area (Å²) in [5, 5.41) is 6.18. The molecular weight excluding hydrogens is 467 g/mol. The number of carbonyl (C=O) groups is 2. The summed E-state index contributed by atoms with van der Waals surface area (Å²) in [5.74, 6) is 0.132. The van der Waals surface area contributed by atoms with Gasteiger partial charge in [-0.15, -0.1) is 0 Å². The van der Waals surface area contributed by atoms with Gasteiger partial charge < -0.3 is 10.2 Å². The largest absolute Gasteiger partial charge is 0.354 e. The first-order valence-electron chi connectivity index (χ1n) is 11.8. The lowest BCUT2D eigenvalue weighted by Gasteiger charge is -2.31. The van der Waals surface area contributed by atoms with Crippen molar-refractivity contribution >= 4 is 45.8 Å². The number of halogens is 2. The zero-order valence-corrected chi connectivity index (χ0v) is 21.5. The molecule has 34 heavy (non-hydrogen) atoms. The molecule has 4 nitrogen and oxygen atoms in total. The number of nitrogens with zero attached hydrogens (tertiary/aromatic N) is 1. The third-order valence-corrected chi connectivity index (χ3v) is 6.63. The number of aryl methyl sites for hydroxylation is 1. The first kappa shape index (κ1) is 26.1. The van der Waals surface area contributed by atoms with Crippen LogP contribution in [0, 0.1) is 5.92 Å². The zero-order valence-electron chi connectivity index (χ0n) is 20.0. The molecule has 0 saturated heterocycles. The summed E-state index contributed by atoms with van der Waals surface area (Å²) in [5.41, 5.74) is 1.96. The molecule has 0 aromatic heterocycles. The minimum absolute atomic E-state index is 0.0643. The summed E-state index contributed by atoms with van der Waals surface area (Å²) in [4.78, 5) is 28.3. The molecule has 0 saturated carbocycles. The van der Waals surface area contributed by atoms with E-state index in [0.29, 0.717) is 48.3 Å². The van der Waals surface area contributed by atoms with Crippen molar-refractivity contribution in [3.63, 3.8) is 0 Å². The van der Waals surface area contributed by atoms with E-state index in [1.807, 2.05) is 45.0 Å². The minimum Gasteiger partial charge on any atom is -0.354 e. The lowest BCUT2D eigenvalue weighted by molar-refractivity contribution is -0.141. The maximum absolute atomic E-state index is 13.5. The number of carbonyl (C=O) groups excluding carboxylic acids is 2. The van der Waals surface area contributed by atoms with Crippen LogP contribution in [0.5, 0.6) is 0 Å². The van der Waals surface area contributed by atoms with Crippen LogP contribution in [0.3, 0.4) is 0 Å². The van der Waals surface area contributed by atoms with Crippen LogP contribution in [-0.2, 0) is 22.6 Å². The number of hydrogen-bond donors (Lipinski definition) is 1. The molecule has 0 unspecified atom stereocenters. The van der Waals surface area contributed by atoms with Crippen molar-refractivity contribution in [1.29, 1.82) is 0 Å². The lowest BCUT2D eigenvalue weighted by Crippen LogP contribution is -2.49. The summed E-state index contributed by atoms with van der Waals surface area (Å²) in [7, 11) is 0. The monoisotopic (exact) mass is 498 g/mol. The Labute approximate surface area is 212 Å². The van der Waals surface area contributed by atoms with Crippen LogP contribution in [0.25, 0.3) is 10.8 Å². The van der Waals surface area contributed by atoms with Gasteiger partial charge in [0, 0.05) is 19.5 Å². The Morgan fingerprint density at radius 2 is 1.71 bits per heavy atom. The molecule has 0 radical (unpaired) electrons. The van der Waals surface area contributed by atoms with Crippen molar-refractivity contribution in [2.24, 2.45) is 5.92 Å². The van der Waals surface area contributed by atoms with Crippen molar-refractivity contribution < 1.29 is 9.59 Å². The normalized spacial score (nSPS) is 12.1. The van der Waals surface area contributed by atoms with E-state index in [2.05, 4.69) is 29.6 Å². The van der Waals surface area contributed by atoms with Gasteiger partial charge in [0.05, 0.1) is 10.0 Å². The van der Waals surface area contributed by atoms with Gasteiger partial charge in [0.1, 0.15) is 6.04 Å². The Morgan fingerprint density at radius 3 is 2.41 bits per heavy atom. The van der Waals surface area contributed by atoms with E-state index in [1.54, 1.807) is 17.0 Å². The SMILES string of the molecule is CC[C@H](C(=O)NCC(C)C)N(Cc1ccc(Cl)c(Cl)c1)C(=O)CCc1cccc2ccccc12. The summed E-state index contributed by atoms with van der Waals surface area (Å²) >= 11 is 12.3. The molecule has 3 aromatic rings. The first-order chi connectivity index (χ1) is 16.3. The average Bonchev–Trinajstić information content (AvgIpc) is 2.83. The molecule has 3 rings (SSSR count). The highest BCUT2D eigenvalue weighted by Crippen LogP contribution is 2.25. The Hall–Kier alpha value is -2.56. The molecule has 0 aliphatic heterocycles. The van der Waals surface area contributed by atoms with Gasteiger partial charge in [0.15, 0.2) is 0 Å². The Balaban J connectivity index is 1.83. The van der Waals surface area contributed by atoms with E-state index in [4.69, 9.17) is 23.2 Å². The van der Waals surface area contributed by atoms with Crippen LogP contribution in [0.4, 0.5) is 0 Å². The van der Waals surface area contributed by atoms with Gasteiger partial charge in [-0.2, -0.15) is 0 Å². The fraction of sp³-hybridized carbons (Fsp3) is 0.357. The maximum atomic E-state index is 13.5. The zero-order chi connectivity index (χ0) is 24.7. The molecule has 0 heterocycles. The minimum atomic E-state index is -0.562. The van der Waals surface area contributed by atoms with Crippen LogP contribution in [0.2, 0.25) is 10.0 Å². The topological polar surface area (TPSA) is 49.4 Å². The van der Waals surface area contributed by atoms with Gasteiger partial charge >= 0.3 is 0 Å². The second-order valence-electron chi connectivity index (χ2n) is 8.97. The molecule has 1 atom stereocenters. The van der Waals surface area contributed by atoms with Crippen molar-refractivity contribution in [1.82, 2.24) is 10.2 Å². The van der Waals surface area contributed by atoms with E-state index in [-0.39, 0.29) is 11.8 Å². The summed E-state index contributed by atoms with van der Waals surface area (Å²) < 4.78 is 0. The number of nitrogens with one attached hydrogen (secondary N) is 1. The molecule has 2 amide bonds. The Bertz CT molecular complexity index is 1140. The molecule has 0 aliphatic carbocycles. The predicted molar refractivity (Wildman–Crippen MR) is 141 cm³/mol. The first-order valence-corrected chi connectivity index (χ1v) is 12.5. The molecule has 180 valence electrons. The predicted octanol–water partition coefficient (Wildman–Crippen LogP) is 6.66. The van der Waals surface area contributed by atoms with Crippen molar-refractivity contribution in [3.05, 3.63) is 81.8 Å². The molecule has 0 spiro atoms. The quantitative estimate of drug-likeness (QED) is 0.339. The summed E-state index contributed by atoms with van der Waals surface area (Å²) in [6.07, 6.45) is 1.43. The highest BCUT2D eigenvalue weighted by atomic mass is 35.5. The summed E-state index contributed by atoms with van der Waals surface area (Å²) in [6, 6.07) is 19.1. The van der Waals surface area contributed by atoms with E-state index in [0.717, 1.165) is 21.9 Å². The third kappa shape index (κ3) is 6.74. The van der Waals surface area contributed by atoms with Gasteiger partial charge in [-0.05, 0) is 52.8 Å². The molecular formula is C28H32Cl2N2O2. The molecule has 3 aromatic carbocycles. The van der Waals surface area contributed by atoms with Crippen molar-refractivity contribution in [2.45, 2.75) is 52.6 Å². The van der Waals surface area contributed by atoms with Crippen LogP contribution < -0.4 is 5.32 Å². The second kappa shape index (κ2) is 12.2. The van der Waals surface area contributed by atoms with Crippen molar-refractivity contribution in [2.75, 3.05) is 6.54 Å². The average molecular weight is 499 g/mol. The van der Waals surface area contributed by atoms with E-state index in [9.17, 15) is 9.59 Å². The highest BCUT2D eigenvalue weighted by Gasteiger charge is 2.28. The van der Waals surface area contributed by atoms with Crippen LogP contribution in [-0.4, -0.2) is 29.3 Å². The molecule has 6 heteroatoms. The molecule has 0 bridgehead atoms. The fourth-order valence-corrected chi connectivity index (χ4v) is 4.39. The molecule has 1 N–H and O–H groups in total. The van der Waals surface area contributed by atoms with Gasteiger partial charge in [0.25, 0.3) is 0 Å². The number of fused-ring (bicyclic) bond motifs is 1. The second-order valence-corrected chi connectivity index (χ2v) is 9.79. The molecule has 0 fully saturated rings. The number of benzene rings is 3. The molecule has 0 aliphatic rings. The number of hydrogen-bond acceptors (Lipinski definition) is 2. The Morgan fingerprint density at radius 1 is 0.971 bits per heavy atom. The smallest absolute Gasteiger partial charge is 0.242 e.